The molecule has 0 radical (unpaired) electrons. The van der Waals surface area contributed by atoms with Gasteiger partial charge in [0.2, 0.25) is 0 Å². The minimum absolute atomic E-state index is 0.0822. The van der Waals surface area contributed by atoms with Gasteiger partial charge in [-0.3, -0.25) is 0 Å². The summed E-state index contributed by atoms with van der Waals surface area (Å²) in [5, 5.41) is 3.15. The molecule has 0 saturated carbocycles. The van der Waals surface area contributed by atoms with Crippen molar-refractivity contribution in [3.63, 3.8) is 0 Å². The summed E-state index contributed by atoms with van der Waals surface area (Å²) < 4.78 is 16.0. The number of amides is 2. The quantitative estimate of drug-likeness (QED) is 0.854. The Hall–Kier alpha value is -2.89. The summed E-state index contributed by atoms with van der Waals surface area (Å²) in [7, 11) is 4.89. The largest absolute Gasteiger partial charge is 0.497 e. The second-order valence-corrected chi connectivity index (χ2v) is 7.43. The van der Waals surface area contributed by atoms with Crippen LogP contribution in [0.4, 0.5) is 4.79 Å². The van der Waals surface area contributed by atoms with E-state index in [1.165, 1.54) is 5.56 Å². The standard InChI is InChI=1S/C22H28N2O4/c1-22(2,17-6-8-18(26-3)9-7-17)23-21(25)24-11-10-15-12-19(27-4)20(28-5)13-16(15)14-24/h6-9,12-13H,10-11,14H2,1-5H3,(H,23,25). The summed E-state index contributed by atoms with van der Waals surface area (Å²) in [5.41, 5.74) is 2.80. The van der Waals surface area contributed by atoms with Crippen molar-refractivity contribution in [1.29, 1.82) is 0 Å². The zero-order chi connectivity index (χ0) is 20.3. The number of fused-ring (bicyclic) bond motifs is 1. The Morgan fingerprint density at radius 1 is 0.964 bits per heavy atom. The second kappa shape index (κ2) is 8.00. The first-order valence-electron chi connectivity index (χ1n) is 9.33. The molecule has 0 atom stereocenters. The van der Waals surface area contributed by atoms with Gasteiger partial charge in [-0.25, -0.2) is 4.79 Å². The van der Waals surface area contributed by atoms with Crippen LogP contribution in [0, 0.1) is 0 Å². The number of nitrogens with zero attached hydrogens (tertiary/aromatic N) is 1. The lowest BCUT2D eigenvalue weighted by molar-refractivity contribution is 0.181. The highest BCUT2D eigenvalue weighted by molar-refractivity contribution is 5.76. The van der Waals surface area contributed by atoms with Gasteiger partial charge < -0.3 is 24.4 Å². The Balaban J connectivity index is 1.73. The van der Waals surface area contributed by atoms with E-state index in [1.54, 1.807) is 21.3 Å². The van der Waals surface area contributed by atoms with E-state index in [-0.39, 0.29) is 6.03 Å². The lowest BCUT2D eigenvalue weighted by Crippen LogP contribution is -2.49. The molecular formula is C22H28N2O4. The van der Waals surface area contributed by atoms with Crippen LogP contribution < -0.4 is 19.5 Å². The van der Waals surface area contributed by atoms with Crippen LogP contribution in [-0.2, 0) is 18.5 Å². The van der Waals surface area contributed by atoms with Gasteiger partial charge in [-0.1, -0.05) is 12.1 Å². The summed E-state index contributed by atoms with van der Waals surface area (Å²) in [6, 6.07) is 11.6. The molecule has 0 saturated heterocycles. The van der Waals surface area contributed by atoms with Crippen LogP contribution in [0.25, 0.3) is 0 Å². The van der Waals surface area contributed by atoms with Gasteiger partial charge in [-0.15, -0.1) is 0 Å². The number of hydrogen-bond acceptors (Lipinski definition) is 4. The average Bonchev–Trinajstić information content (AvgIpc) is 2.71. The van der Waals surface area contributed by atoms with Crippen LogP contribution in [-0.4, -0.2) is 38.8 Å². The normalized spacial score (nSPS) is 13.5. The maximum atomic E-state index is 12.9. The molecule has 0 aliphatic carbocycles. The molecule has 0 spiro atoms. The van der Waals surface area contributed by atoms with E-state index in [2.05, 4.69) is 5.32 Å². The minimum atomic E-state index is -0.499. The summed E-state index contributed by atoms with van der Waals surface area (Å²) in [5.74, 6) is 2.20. The van der Waals surface area contributed by atoms with Crippen molar-refractivity contribution in [2.45, 2.75) is 32.4 Å². The molecular weight excluding hydrogens is 356 g/mol. The first-order valence-corrected chi connectivity index (χ1v) is 9.33. The molecule has 150 valence electrons. The van der Waals surface area contributed by atoms with E-state index in [0.29, 0.717) is 18.8 Å². The maximum absolute atomic E-state index is 12.9. The van der Waals surface area contributed by atoms with E-state index in [0.717, 1.165) is 29.0 Å². The smallest absolute Gasteiger partial charge is 0.318 e. The number of benzene rings is 2. The van der Waals surface area contributed by atoms with Gasteiger partial charge in [0, 0.05) is 13.1 Å². The number of ether oxygens (including phenoxy) is 3. The van der Waals surface area contributed by atoms with Crippen LogP contribution in [0.1, 0.15) is 30.5 Å². The van der Waals surface area contributed by atoms with Crippen molar-refractivity contribution in [1.82, 2.24) is 10.2 Å². The van der Waals surface area contributed by atoms with Crippen molar-refractivity contribution in [3.05, 3.63) is 53.1 Å². The van der Waals surface area contributed by atoms with Crippen molar-refractivity contribution in [2.75, 3.05) is 27.9 Å². The molecule has 6 heteroatoms. The summed E-state index contributed by atoms with van der Waals surface area (Å²) >= 11 is 0. The van der Waals surface area contributed by atoms with E-state index < -0.39 is 5.54 Å². The monoisotopic (exact) mass is 384 g/mol. The summed E-state index contributed by atoms with van der Waals surface area (Å²) in [6.45, 7) is 5.20. The molecule has 2 aromatic rings. The number of nitrogens with one attached hydrogen (secondary N) is 1. The third kappa shape index (κ3) is 4.01. The molecule has 0 bridgehead atoms. The highest BCUT2D eigenvalue weighted by Gasteiger charge is 2.28. The highest BCUT2D eigenvalue weighted by Crippen LogP contribution is 2.33. The SMILES string of the molecule is COc1ccc(C(C)(C)NC(=O)N2CCc3cc(OC)c(OC)cc3C2)cc1. The third-order valence-electron chi connectivity index (χ3n) is 5.24. The van der Waals surface area contributed by atoms with Gasteiger partial charge >= 0.3 is 6.03 Å². The Kier molecular flexibility index (Phi) is 5.68. The van der Waals surface area contributed by atoms with Crippen LogP contribution in [0.15, 0.2) is 36.4 Å². The zero-order valence-electron chi connectivity index (χ0n) is 17.2. The van der Waals surface area contributed by atoms with Gasteiger partial charge in [0.1, 0.15) is 5.75 Å². The average molecular weight is 384 g/mol. The maximum Gasteiger partial charge on any atom is 0.318 e. The summed E-state index contributed by atoms with van der Waals surface area (Å²) in [4.78, 5) is 14.8. The van der Waals surface area contributed by atoms with Gasteiger partial charge in [0.25, 0.3) is 0 Å². The highest BCUT2D eigenvalue weighted by atomic mass is 16.5. The van der Waals surface area contributed by atoms with E-state index in [1.807, 2.05) is 55.1 Å². The zero-order valence-corrected chi connectivity index (χ0v) is 17.2. The molecule has 1 heterocycles. The van der Waals surface area contributed by atoms with Gasteiger partial charge in [-0.2, -0.15) is 0 Å². The Labute approximate surface area is 166 Å². The molecule has 2 amide bonds. The predicted octanol–water partition coefficient (Wildman–Crippen LogP) is 3.72. The molecule has 1 N–H and O–H groups in total. The first-order chi connectivity index (χ1) is 13.4. The third-order valence-corrected chi connectivity index (χ3v) is 5.24. The van der Waals surface area contributed by atoms with Crippen LogP contribution >= 0.6 is 0 Å². The van der Waals surface area contributed by atoms with Crippen molar-refractivity contribution < 1.29 is 19.0 Å². The molecule has 6 nitrogen and oxygen atoms in total. The molecule has 0 fully saturated rings. The molecule has 28 heavy (non-hydrogen) atoms. The fourth-order valence-corrected chi connectivity index (χ4v) is 3.48. The minimum Gasteiger partial charge on any atom is -0.497 e. The lowest BCUT2D eigenvalue weighted by Gasteiger charge is -2.34. The fourth-order valence-electron chi connectivity index (χ4n) is 3.48. The van der Waals surface area contributed by atoms with Crippen LogP contribution in [0.2, 0.25) is 0 Å². The Morgan fingerprint density at radius 2 is 1.57 bits per heavy atom. The van der Waals surface area contributed by atoms with Crippen molar-refractivity contribution in [2.24, 2.45) is 0 Å². The number of urea groups is 1. The van der Waals surface area contributed by atoms with Crippen molar-refractivity contribution in [3.8, 4) is 17.2 Å². The number of methoxy groups -OCH3 is 3. The van der Waals surface area contributed by atoms with E-state index >= 15 is 0 Å². The van der Waals surface area contributed by atoms with Gasteiger partial charge in [0.05, 0.1) is 26.9 Å². The van der Waals surface area contributed by atoms with Gasteiger partial charge in [-0.05, 0) is 61.2 Å². The molecule has 0 aromatic heterocycles. The van der Waals surface area contributed by atoms with Crippen molar-refractivity contribution >= 4 is 6.03 Å². The van der Waals surface area contributed by atoms with Crippen LogP contribution in [0.5, 0.6) is 17.2 Å². The number of carbonyl (C=O) groups excluding carboxylic acids is 1. The molecule has 0 unspecified atom stereocenters. The Bertz CT molecular complexity index is 846. The molecule has 2 aromatic carbocycles. The van der Waals surface area contributed by atoms with Crippen LogP contribution in [0.3, 0.4) is 0 Å². The van der Waals surface area contributed by atoms with E-state index in [4.69, 9.17) is 14.2 Å². The molecule has 3 rings (SSSR count). The van der Waals surface area contributed by atoms with Gasteiger partial charge in [0.15, 0.2) is 11.5 Å². The number of rotatable bonds is 5. The Morgan fingerprint density at radius 3 is 2.14 bits per heavy atom. The molecule has 1 aliphatic rings. The fraction of sp³-hybridized carbons (Fsp3) is 0.409. The van der Waals surface area contributed by atoms with E-state index in [9.17, 15) is 4.79 Å². The predicted molar refractivity (Wildman–Crippen MR) is 108 cm³/mol. The number of carbonyl (C=O) groups is 1. The number of hydrogen-bond donors (Lipinski definition) is 1. The molecule has 1 aliphatic heterocycles. The summed E-state index contributed by atoms with van der Waals surface area (Å²) in [6.07, 6.45) is 0.784. The lowest BCUT2D eigenvalue weighted by atomic mass is 9.94. The topological polar surface area (TPSA) is 60.0 Å². The second-order valence-electron chi connectivity index (χ2n) is 7.43. The first kappa shape index (κ1) is 19.9.